The summed E-state index contributed by atoms with van der Waals surface area (Å²) in [7, 11) is 2.94. The van der Waals surface area contributed by atoms with Crippen molar-refractivity contribution >= 4 is 5.97 Å². The molecule has 1 unspecified atom stereocenters. The molecule has 4 heteroatoms. The Labute approximate surface area is 107 Å². The quantitative estimate of drug-likeness (QED) is 0.574. The fourth-order valence-corrected chi connectivity index (χ4v) is 1.34. The summed E-state index contributed by atoms with van der Waals surface area (Å²) in [5.41, 5.74) is 1.31. The maximum atomic E-state index is 11.2. The smallest absolute Gasteiger partial charge is 0.335 e. The van der Waals surface area contributed by atoms with Crippen molar-refractivity contribution in [3.8, 4) is 5.75 Å². The van der Waals surface area contributed by atoms with Crippen LogP contribution in [0.1, 0.15) is 12.5 Å². The van der Waals surface area contributed by atoms with E-state index in [9.17, 15) is 4.79 Å². The van der Waals surface area contributed by atoms with E-state index in [4.69, 9.17) is 9.47 Å². The molecule has 0 aromatic heterocycles. The summed E-state index contributed by atoms with van der Waals surface area (Å²) in [5, 5.41) is 0. The Morgan fingerprint density at radius 2 is 1.89 bits per heavy atom. The zero-order valence-electron chi connectivity index (χ0n) is 10.9. The van der Waals surface area contributed by atoms with E-state index < -0.39 is 5.97 Å². The summed E-state index contributed by atoms with van der Waals surface area (Å²) in [6.45, 7) is 5.82. The molecule has 0 saturated carbocycles. The van der Waals surface area contributed by atoms with Crippen LogP contribution in [0.5, 0.6) is 5.75 Å². The molecule has 18 heavy (non-hydrogen) atoms. The molecule has 0 fully saturated rings. The van der Waals surface area contributed by atoms with E-state index in [1.54, 1.807) is 14.0 Å². The van der Waals surface area contributed by atoms with Gasteiger partial charge in [-0.05, 0) is 24.6 Å². The zero-order chi connectivity index (χ0) is 13.5. The van der Waals surface area contributed by atoms with Gasteiger partial charge in [0.15, 0.2) is 0 Å². The molecule has 0 saturated heterocycles. The number of carbonyl (C=O) groups excluding carboxylic acids is 1. The molecule has 0 bridgehead atoms. The summed E-state index contributed by atoms with van der Waals surface area (Å²) < 4.78 is 15.2. The van der Waals surface area contributed by atoms with Crippen molar-refractivity contribution in [3.63, 3.8) is 0 Å². The largest absolute Gasteiger partial charge is 0.497 e. The standard InChI is InChI=1S/C14H18O4/c1-10(14(15)17-4)11(2)18-9-12-5-7-13(16-3)8-6-12/h5-8,11H,1,9H2,2-4H3. The molecule has 0 spiro atoms. The number of methoxy groups -OCH3 is 2. The number of benzene rings is 1. The average molecular weight is 250 g/mol. The Morgan fingerprint density at radius 3 is 2.39 bits per heavy atom. The molecule has 4 nitrogen and oxygen atoms in total. The van der Waals surface area contributed by atoms with E-state index in [2.05, 4.69) is 11.3 Å². The van der Waals surface area contributed by atoms with Crippen LogP contribution in [0.25, 0.3) is 0 Å². The van der Waals surface area contributed by atoms with Crippen molar-refractivity contribution in [2.75, 3.05) is 14.2 Å². The first-order valence-corrected chi connectivity index (χ1v) is 5.60. The number of rotatable bonds is 6. The lowest BCUT2D eigenvalue weighted by atomic mass is 10.2. The topological polar surface area (TPSA) is 44.8 Å². The predicted molar refractivity (Wildman–Crippen MR) is 68.4 cm³/mol. The van der Waals surface area contributed by atoms with Crippen LogP contribution in [0.4, 0.5) is 0 Å². The zero-order valence-corrected chi connectivity index (χ0v) is 10.9. The van der Waals surface area contributed by atoms with Crippen molar-refractivity contribution in [2.45, 2.75) is 19.6 Å². The third kappa shape index (κ3) is 3.89. The molecule has 98 valence electrons. The Morgan fingerprint density at radius 1 is 1.28 bits per heavy atom. The molecule has 1 atom stereocenters. The lowest BCUT2D eigenvalue weighted by molar-refractivity contribution is -0.137. The van der Waals surface area contributed by atoms with Gasteiger partial charge in [0.25, 0.3) is 0 Å². The van der Waals surface area contributed by atoms with Gasteiger partial charge in [0.2, 0.25) is 0 Å². The Kier molecular flexibility index (Phi) is 5.39. The molecule has 0 radical (unpaired) electrons. The monoisotopic (exact) mass is 250 g/mol. The molecule has 1 aromatic carbocycles. The van der Waals surface area contributed by atoms with Gasteiger partial charge in [0, 0.05) is 0 Å². The number of hydrogen-bond acceptors (Lipinski definition) is 4. The van der Waals surface area contributed by atoms with Gasteiger partial charge in [0.1, 0.15) is 5.75 Å². The lowest BCUT2D eigenvalue weighted by Crippen LogP contribution is -2.18. The SMILES string of the molecule is C=C(C(=O)OC)C(C)OCc1ccc(OC)cc1. The summed E-state index contributed by atoms with van der Waals surface area (Å²) in [5.74, 6) is 0.350. The molecule has 1 rings (SSSR count). The first-order chi connectivity index (χ1) is 8.58. The van der Waals surface area contributed by atoms with Crippen LogP contribution < -0.4 is 4.74 Å². The molecular formula is C14H18O4. The number of ether oxygens (including phenoxy) is 3. The van der Waals surface area contributed by atoms with Crippen LogP contribution >= 0.6 is 0 Å². The maximum absolute atomic E-state index is 11.2. The minimum absolute atomic E-state index is 0.311. The molecule has 0 N–H and O–H groups in total. The summed E-state index contributed by atoms with van der Waals surface area (Å²) in [6.07, 6.45) is -0.375. The predicted octanol–water partition coefficient (Wildman–Crippen LogP) is 2.33. The van der Waals surface area contributed by atoms with Gasteiger partial charge in [-0.15, -0.1) is 0 Å². The van der Waals surface area contributed by atoms with Crippen LogP contribution in [-0.4, -0.2) is 26.3 Å². The van der Waals surface area contributed by atoms with Gasteiger partial charge in [-0.2, -0.15) is 0 Å². The highest BCUT2D eigenvalue weighted by Crippen LogP contribution is 2.14. The molecule has 0 aliphatic rings. The number of hydrogen-bond donors (Lipinski definition) is 0. The highest BCUT2D eigenvalue weighted by atomic mass is 16.5. The van der Waals surface area contributed by atoms with E-state index in [1.807, 2.05) is 24.3 Å². The summed E-state index contributed by atoms with van der Waals surface area (Å²) in [6, 6.07) is 7.54. The second-order valence-electron chi connectivity index (χ2n) is 3.82. The highest BCUT2D eigenvalue weighted by Gasteiger charge is 2.15. The third-order valence-electron chi connectivity index (χ3n) is 2.60. The van der Waals surface area contributed by atoms with Crippen molar-refractivity contribution in [1.82, 2.24) is 0 Å². The molecule has 0 amide bonds. The van der Waals surface area contributed by atoms with Crippen LogP contribution in [0.2, 0.25) is 0 Å². The van der Waals surface area contributed by atoms with Gasteiger partial charge < -0.3 is 14.2 Å². The van der Waals surface area contributed by atoms with Crippen molar-refractivity contribution in [2.24, 2.45) is 0 Å². The summed E-state index contributed by atoms with van der Waals surface area (Å²) in [4.78, 5) is 11.2. The minimum atomic E-state index is -0.447. The van der Waals surface area contributed by atoms with Crippen LogP contribution in [0, 0.1) is 0 Å². The fraction of sp³-hybridized carbons (Fsp3) is 0.357. The second kappa shape index (κ2) is 6.81. The first-order valence-electron chi connectivity index (χ1n) is 5.60. The van der Waals surface area contributed by atoms with E-state index in [1.165, 1.54) is 7.11 Å². The van der Waals surface area contributed by atoms with Crippen LogP contribution in [0.15, 0.2) is 36.4 Å². The molecule has 0 heterocycles. The Balaban J connectivity index is 2.49. The van der Waals surface area contributed by atoms with Crippen molar-refractivity contribution < 1.29 is 19.0 Å². The molecular weight excluding hydrogens is 232 g/mol. The Hall–Kier alpha value is -1.81. The van der Waals surface area contributed by atoms with Gasteiger partial charge in [-0.3, -0.25) is 0 Å². The average Bonchev–Trinajstić information content (AvgIpc) is 2.43. The van der Waals surface area contributed by atoms with Crippen LogP contribution in [0.3, 0.4) is 0 Å². The van der Waals surface area contributed by atoms with E-state index in [-0.39, 0.29) is 6.10 Å². The van der Waals surface area contributed by atoms with Crippen molar-refractivity contribution in [1.29, 1.82) is 0 Å². The van der Waals surface area contributed by atoms with Gasteiger partial charge in [-0.1, -0.05) is 18.7 Å². The maximum Gasteiger partial charge on any atom is 0.335 e. The fourth-order valence-electron chi connectivity index (χ4n) is 1.34. The molecule has 1 aromatic rings. The van der Waals surface area contributed by atoms with Crippen molar-refractivity contribution in [3.05, 3.63) is 42.0 Å². The summed E-state index contributed by atoms with van der Waals surface area (Å²) >= 11 is 0. The first kappa shape index (κ1) is 14.3. The van der Waals surface area contributed by atoms with Gasteiger partial charge in [0.05, 0.1) is 32.5 Å². The molecule has 0 aliphatic carbocycles. The molecule has 0 aliphatic heterocycles. The van der Waals surface area contributed by atoms with Gasteiger partial charge >= 0.3 is 5.97 Å². The van der Waals surface area contributed by atoms with E-state index >= 15 is 0 Å². The minimum Gasteiger partial charge on any atom is -0.497 e. The highest BCUT2D eigenvalue weighted by molar-refractivity contribution is 5.88. The van der Waals surface area contributed by atoms with E-state index in [0.29, 0.717) is 12.2 Å². The third-order valence-corrected chi connectivity index (χ3v) is 2.60. The second-order valence-corrected chi connectivity index (χ2v) is 3.82. The number of carbonyl (C=O) groups is 1. The van der Waals surface area contributed by atoms with E-state index in [0.717, 1.165) is 11.3 Å². The Bertz CT molecular complexity index is 408. The normalized spacial score (nSPS) is 11.7. The lowest BCUT2D eigenvalue weighted by Gasteiger charge is -2.14. The number of esters is 1. The van der Waals surface area contributed by atoms with Gasteiger partial charge in [-0.25, -0.2) is 4.79 Å². The van der Waals surface area contributed by atoms with Crippen LogP contribution in [-0.2, 0) is 20.9 Å².